The minimum Gasteiger partial charge on any atom is -0.478 e. The van der Waals surface area contributed by atoms with Gasteiger partial charge in [0.15, 0.2) is 5.90 Å². The van der Waals surface area contributed by atoms with E-state index in [9.17, 15) is 9.59 Å². The van der Waals surface area contributed by atoms with Crippen molar-refractivity contribution in [3.63, 3.8) is 0 Å². The summed E-state index contributed by atoms with van der Waals surface area (Å²) >= 11 is 6.02. The van der Waals surface area contributed by atoms with Crippen LogP contribution in [0.2, 0.25) is 5.02 Å². The summed E-state index contributed by atoms with van der Waals surface area (Å²) in [5, 5.41) is 9.84. The molecule has 0 spiro atoms. The second kappa shape index (κ2) is 10.3. The van der Waals surface area contributed by atoms with Gasteiger partial charge in [-0.25, -0.2) is 4.79 Å². The van der Waals surface area contributed by atoms with Gasteiger partial charge < -0.3 is 9.84 Å². The Bertz CT molecular complexity index is 1050. The fourth-order valence-corrected chi connectivity index (χ4v) is 4.02. The van der Waals surface area contributed by atoms with E-state index in [0.29, 0.717) is 54.5 Å². The number of nitrogens with zero attached hydrogens (tertiary/aromatic N) is 3. The average Bonchev–Trinajstić information content (AvgIpc) is 2.89. The minimum absolute atomic E-state index is 0.0262. The van der Waals surface area contributed by atoms with E-state index >= 15 is 0 Å². The van der Waals surface area contributed by atoms with Crippen molar-refractivity contribution in [3.05, 3.63) is 61.3 Å². The smallest absolute Gasteiger partial charge is 0.332 e. The van der Waals surface area contributed by atoms with Crippen molar-refractivity contribution in [3.8, 4) is 0 Å². The molecular weight excluding hydrogens is 418 g/mol. The Morgan fingerprint density at radius 1 is 1.23 bits per heavy atom. The largest absolute Gasteiger partial charge is 0.478 e. The summed E-state index contributed by atoms with van der Waals surface area (Å²) in [6.07, 6.45) is 2.14. The number of aromatic nitrogens is 2. The third-order valence-electron chi connectivity index (χ3n) is 5.41. The van der Waals surface area contributed by atoms with Gasteiger partial charge in [0.2, 0.25) is 0 Å². The lowest BCUT2D eigenvalue weighted by atomic mass is 9.93. The minimum atomic E-state index is -0.400. The molecule has 7 nitrogen and oxygen atoms in total. The maximum absolute atomic E-state index is 13.1. The summed E-state index contributed by atoms with van der Waals surface area (Å²) in [6.45, 7) is 6.23. The standard InChI is InChI=1S/C23H30ClN3O4/c1-4-26-20-19(22(29)27(23(26)30)12-5-13-28)11-8-17(21(25-20)31-15(2)3)14-16-6-9-18(24)10-7-16/h6-7,9-10,15,17,28H,4-5,8,11-14H2,1-3H3. The summed E-state index contributed by atoms with van der Waals surface area (Å²) < 4.78 is 8.83. The Labute approximate surface area is 187 Å². The summed E-state index contributed by atoms with van der Waals surface area (Å²) in [5.41, 5.74) is 0.915. The van der Waals surface area contributed by atoms with Gasteiger partial charge in [0.1, 0.15) is 5.82 Å². The molecule has 0 saturated carbocycles. The van der Waals surface area contributed by atoms with Crippen LogP contribution in [-0.4, -0.2) is 32.8 Å². The first-order valence-corrected chi connectivity index (χ1v) is 11.2. The number of aliphatic hydroxyl groups is 1. The molecule has 0 saturated heterocycles. The molecule has 8 heteroatoms. The van der Waals surface area contributed by atoms with E-state index in [0.717, 1.165) is 5.56 Å². The Morgan fingerprint density at radius 2 is 1.94 bits per heavy atom. The SMILES string of the molecule is CCn1c2c(c(=O)n(CCCO)c1=O)CCC(Cc1ccc(Cl)cc1)C(OC(C)C)=N2. The third kappa shape index (κ3) is 5.28. The van der Waals surface area contributed by atoms with E-state index in [4.69, 9.17) is 26.4 Å². The predicted molar refractivity (Wildman–Crippen MR) is 123 cm³/mol. The Kier molecular flexibility index (Phi) is 7.73. The Hall–Kier alpha value is -2.38. The number of benzene rings is 1. The van der Waals surface area contributed by atoms with Gasteiger partial charge in [-0.2, -0.15) is 4.99 Å². The Balaban J connectivity index is 2.09. The molecule has 0 amide bonds. The number of halogens is 1. The topological polar surface area (TPSA) is 85.8 Å². The van der Waals surface area contributed by atoms with Crippen molar-refractivity contribution < 1.29 is 9.84 Å². The van der Waals surface area contributed by atoms with Crippen molar-refractivity contribution in [1.82, 2.24) is 9.13 Å². The molecule has 0 bridgehead atoms. The molecule has 1 unspecified atom stereocenters. The quantitative estimate of drug-likeness (QED) is 0.705. The summed E-state index contributed by atoms with van der Waals surface area (Å²) in [4.78, 5) is 30.9. The van der Waals surface area contributed by atoms with Gasteiger partial charge in [0, 0.05) is 30.6 Å². The first kappa shape index (κ1) is 23.3. The molecule has 3 rings (SSSR count). The van der Waals surface area contributed by atoms with Crippen molar-refractivity contribution in [2.24, 2.45) is 10.9 Å². The molecule has 1 N–H and O–H groups in total. The van der Waals surface area contributed by atoms with Crippen LogP contribution in [0.4, 0.5) is 5.82 Å². The molecule has 1 aliphatic rings. The second-order valence-corrected chi connectivity index (χ2v) is 8.48. The molecule has 1 aliphatic heterocycles. The highest BCUT2D eigenvalue weighted by Gasteiger charge is 2.28. The van der Waals surface area contributed by atoms with Gasteiger partial charge in [-0.1, -0.05) is 23.7 Å². The van der Waals surface area contributed by atoms with Gasteiger partial charge in [-0.15, -0.1) is 0 Å². The number of aliphatic hydroxyl groups excluding tert-OH is 1. The maximum atomic E-state index is 13.1. The normalized spacial score (nSPS) is 16.1. The molecule has 1 atom stereocenters. The van der Waals surface area contributed by atoms with E-state index in [2.05, 4.69) is 0 Å². The van der Waals surface area contributed by atoms with Gasteiger partial charge in [0.05, 0.1) is 11.7 Å². The third-order valence-corrected chi connectivity index (χ3v) is 5.66. The number of rotatable bonds is 7. The lowest BCUT2D eigenvalue weighted by Gasteiger charge is -2.20. The monoisotopic (exact) mass is 447 g/mol. The maximum Gasteiger partial charge on any atom is 0.332 e. The zero-order chi connectivity index (χ0) is 22.5. The van der Waals surface area contributed by atoms with E-state index < -0.39 is 5.69 Å². The lowest BCUT2D eigenvalue weighted by molar-refractivity contribution is 0.209. The number of hydrogen-bond donors (Lipinski definition) is 1. The highest BCUT2D eigenvalue weighted by atomic mass is 35.5. The van der Waals surface area contributed by atoms with Crippen LogP contribution in [0, 0.1) is 5.92 Å². The van der Waals surface area contributed by atoms with Gasteiger partial charge in [0.25, 0.3) is 5.56 Å². The fraction of sp³-hybridized carbons (Fsp3) is 0.522. The van der Waals surface area contributed by atoms with Gasteiger partial charge in [-0.05, 0) is 64.2 Å². The lowest BCUT2D eigenvalue weighted by Crippen LogP contribution is -2.41. The van der Waals surface area contributed by atoms with Crippen LogP contribution in [0.5, 0.6) is 0 Å². The van der Waals surface area contributed by atoms with Crippen LogP contribution in [-0.2, 0) is 30.7 Å². The number of fused-ring (bicyclic) bond motifs is 1. The van der Waals surface area contributed by atoms with Crippen LogP contribution in [0.1, 0.15) is 44.7 Å². The van der Waals surface area contributed by atoms with E-state index in [-0.39, 0.29) is 30.7 Å². The van der Waals surface area contributed by atoms with Crippen molar-refractivity contribution in [2.45, 2.75) is 65.6 Å². The summed E-state index contributed by atoms with van der Waals surface area (Å²) in [6, 6.07) is 7.68. The molecule has 2 aromatic rings. The van der Waals surface area contributed by atoms with Gasteiger partial charge in [-0.3, -0.25) is 13.9 Å². The van der Waals surface area contributed by atoms with Crippen LogP contribution < -0.4 is 11.2 Å². The van der Waals surface area contributed by atoms with Crippen LogP contribution in [0.25, 0.3) is 0 Å². The number of aliphatic imine (C=N–C) groups is 1. The predicted octanol–water partition coefficient (Wildman–Crippen LogP) is 3.33. The first-order chi connectivity index (χ1) is 14.8. The number of hydrogen-bond acceptors (Lipinski definition) is 5. The zero-order valence-electron chi connectivity index (χ0n) is 18.3. The van der Waals surface area contributed by atoms with Crippen molar-refractivity contribution >= 4 is 23.3 Å². The van der Waals surface area contributed by atoms with E-state index in [1.165, 1.54) is 9.13 Å². The van der Waals surface area contributed by atoms with Crippen LogP contribution >= 0.6 is 11.6 Å². The molecule has 0 fully saturated rings. The van der Waals surface area contributed by atoms with Crippen molar-refractivity contribution in [2.75, 3.05) is 6.61 Å². The van der Waals surface area contributed by atoms with E-state index in [1.54, 1.807) is 0 Å². The summed E-state index contributed by atoms with van der Waals surface area (Å²) in [7, 11) is 0. The highest BCUT2D eigenvalue weighted by molar-refractivity contribution is 6.30. The molecule has 168 valence electrons. The molecule has 31 heavy (non-hydrogen) atoms. The summed E-state index contributed by atoms with van der Waals surface area (Å²) in [5.74, 6) is 0.923. The van der Waals surface area contributed by atoms with Crippen LogP contribution in [0.15, 0.2) is 38.8 Å². The average molecular weight is 448 g/mol. The Morgan fingerprint density at radius 3 is 2.55 bits per heavy atom. The molecule has 0 aliphatic carbocycles. The highest BCUT2D eigenvalue weighted by Crippen LogP contribution is 2.28. The fourth-order valence-electron chi connectivity index (χ4n) is 3.90. The molecular formula is C23H30ClN3O4. The second-order valence-electron chi connectivity index (χ2n) is 8.05. The van der Waals surface area contributed by atoms with E-state index in [1.807, 2.05) is 45.0 Å². The van der Waals surface area contributed by atoms with Crippen molar-refractivity contribution in [1.29, 1.82) is 0 Å². The first-order valence-electron chi connectivity index (χ1n) is 10.8. The molecule has 1 aromatic heterocycles. The molecule has 0 radical (unpaired) electrons. The zero-order valence-corrected chi connectivity index (χ0v) is 19.1. The van der Waals surface area contributed by atoms with Crippen LogP contribution in [0.3, 0.4) is 0 Å². The molecule has 1 aromatic carbocycles. The number of ether oxygens (including phenoxy) is 1. The van der Waals surface area contributed by atoms with Gasteiger partial charge >= 0.3 is 5.69 Å². The molecule has 2 heterocycles.